The molecule has 0 aliphatic carbocycles. The number of aryl methyl sites for hydroxylation is 1. The van der Waals surface area contributed by atoms with Crippen LogP contribution < -0.4 is 0 Å². The van der Waals surface area contributed by atoms with E-state index in [0.29, 0.717) is 37.6 Å². The Hall–Kier alpha value is -4.51. The van der Waals surface area contributed by atoms with E-state index in [-0.39, 0.29) is 5.91 Å². The van der Waals surface area contributed by atoms with Crippen LogP contribution in [0.1, 0.15) is 23.4 Å². The van der Waals surface area contributed by atoms with Crippen molar-refractivity contribution in [1.82, 2.24) is 15.0 Å². The van der Waals surface area contributed by atoms with Crippen molar-refractivity contribution in [3.63, 3.8) is 0 Å². The fourth-order valence-corrected chi connectivity index (χ4v) is 4.13. The average Bonchev–Trinajstić information content (AvgIpc) is 3.42. The molecule has 5 aromatic rings. The molecule has 0 aliphatic rings. The third-order valence-corrected chi connectivity index (χ3v) is 6.06. The summed E-state index contributed by atoms with van der Waals surface area (Å²) >= 11 is 0. The minimum atomic E-state index is 0.0506. The summed E-state index contributed by atoms with van der Waals surface area (Å²) in [6.45, 7) is 1.11. The highest BCUT2D eigenvalue weighted by molar-refractivity contribution is 5.76. The molecular formula is C31H27N3O2. The highest BCUT2D eigenvalue weighted by Gasteiger charge is 2.17. The zero-order valence-electron chi connectivity index (χ0n) is 20.0. The van der Waals surface area contributed by atoms with E-state index in [1.54, 1.807) is 0 Å². The highest BCUT2D eigenvalue weighted by atomic mass is 16.5. The van der Waals surface area contributed by atoms with Crippen molar-refractivity contribution < 1.29 is 9.32 Å². The van der Waals surface area contributed by atoms with Gasteiger partial charge in [-0.3, -0.25) is 4.79 Å². The summed E-state index contributed by atoms with van der Waals surface area (Å²) in [7, 11) is 0. The molecule has 0 N–H and O–H groups in total. The molecule has 0 saturated heterocycles. The number of benzene rings is 4. The van der Waals surface area contributed by atoms with E-state index in [2.05, 4.69) is 34.4 Å². The molecule has 0 bridgehead atoms. The second kappa shape index (κ2) is 11.3. The van der Waals surface area contributed by atoms with Crippen molar-refractivity contribution in [2.75, 3.05) is 0 Å². The average molecular weight is 474 g/mol. The van der Waals surface area contributed by atoms with E-state index in [9.17, 15) is 4.79 Å². The molecule has 0 saturated carbocycles. The summed E-state index contributed by atoms with van der Waals surface area (Å²) in [6.07, 6.45) is 0.697. The van der Waals surface area contributed by atoms with Crippen molar-refractivity contribution in [3.8, 4) is 22.5 Å². The fourth-order valence-electron chi connectivity index (χ4n) is 4.13. The second-order valence-corrected chi connectivity index (χ2v) is 8.68. The molecule has 0 fully saturated rings. The molecule has 4 aromatic carbocycles. The van der Waals surface area contributed by atoms with Crippen LogP contribution in [-0.4, -0.2) is 20.9 Å². The molecular weight excluding hydrogens is 446 g/mol. The van der Waals surface area contributed by atoms with Gasteiger partial charge in [-0.15, -0.1) is 0 Å². The standard InChI is InChI=1S/C31H27N3O2/c35-30(34(22-24-10-4-1-5-11-24)23-25-12-6-2-7-13-25)21-20-29-32-31(33-36-29)28-18-16-27(17-19-28)26-14-8-3-9-15-26/h1-19H,20-23H2. The van der Waals surface area contributed by atoms with Crippen LogP contribution in [0.15, 0.2) is 120 Å². The lowest BCUT2D eigenvalue weighted by Crippen LogP contribution is -2.30. The first-order chi connectivity index (χ1) is 17.7. The lowest BCUT2D eigenvalue weighted by atomic mass is 10.0. The van der Waals surface area contributed by atoms with E-state index < -0.39 is 0 Å². The van der Waals surface area contributed by atoms with Gasteiger partial charge in [0, 0.05) is 31.5 Å². The number of hydrogen-bond acceptors (Lipinski definition) is 4. The minimum absolute atomic E-state index is 0.0506. The number of carbonyl (C=O) groups is 1. The molecule has 0 unspecified atom stereocenters. The van der Waals surface area contributed by atoms with Gasteiger partial charge in [-0.25, -0.2) is 0 Å². The van der Waals surface area contributed by atoms with Gasteiger partial charge in [0.2, 0.25) is 17.6 Å². The maximum Gasteiger partial charge on any atom is 0.227 e. The van der Waals surface area contributed by atoms with Crippen molar-refractivity contribution in [2.45, 2.75) is 25.9 Å². The van der Waals surface area contributed by atoms with Crippen molar-refractivity contribution >= 4 is 5.91 Å². The van der Waals surface area contributed by atoms with Crippen LogP contribution in [0, 0.1) is 0 Å². The topological polar surface area (TPSA) is 59.2 Å². The summed E-state index contributed by atoms with van der Waals surface area (Å²) < 4.78 is 5.47. The Balaban J connectivity index is 1.24. The van der Waals surface area contributed by atoms with Gasteiger partial charge in [-0.2, -0.15) is 4.98 Å². The van der Waals surface area contributed by atoms with Gasteiger partial charge in [0.25, 0.3) is 0 Å². The number of aromatic nitrogens is 2. The van der Waals surface area contributed by atoms with Gasteiger partial charge in [-0.1, -0.05) is 120 Å². The van der Waals surface area contributed by atoms with Crippen LogP contribution in [0.2, 0.25) is 0 Å². The summed E-state index contributed by atoms with van der Waals surface area (Å²) in [5, 5.41) is 4.14. The van der Waals surface area contributed by atoms with Crippen molar-refractivity contribution in [2.24, 2.45) is 0 Å². The Morgan fingerprint density at radius 3 is 1.72 bits per heavy atom. The van der Waals surface area contributed by atoms with Gasteiger partial charge >= 0.3 is 0 Å². The van der Waals surface area contributed by atoms with Gasteiger partial charge in [0.15, 0.2) is 0 Å². The molecule has 0 aliphatic heterocycles. The quantitative estimate of drug-likeness (QED) is 0.243. The molecule has 0 atom stereocenters. The molecule has 178 valence electrons. The zero-order chi connectivity index (χ0) is 24.6. The SMILES string of the molecule is O=C(CCc1nc(-c2ccc(-c3ccccc3)cc2)no1)N(Cc1ccccc1)Cc1ccccc1. The van der Waals surface area contributed by atoms with E-state index in [4.69, 9.17) is 4.52 Å². The van der Waals surface area contributed by atoms with Gasteiger partial charge < -0.3 is 9.42 Å². The Kier molecular flexibility index (Phi) is 7.28. The Labute approximate surface area is 211 Å². The maximum absolute atomic E-state index is 13.2. The zero-order valence-corrected chi connectivity index (χ0v) is 20.0. The smallest absolute Gasteiger partial charge is 0.227 e. The summed E-state index contributed by atoms with van der Waals surface area (Å²) in [5.41, 5.74) is 5.37. The fraction of sp³-hybridized carbons (Fsp3) is 0.129. The first kappa shape index (κ1) is 23.2. The largest absolute Gasteiger partial charge is 0.339 e. The number of amides is 1. The Morgan fingerprint density at radius 1 is 0.639 bits per heavy atom. The van der Waals surface area contributed by atoms with E-state index in [0.717, 1.165) is 27.8 Å². The van der Waals surface area contributed by atoms with Crippen LogP contribution in [0.3, 0.4) is 0 Å². The van der Waals surface area contributed by atoms with Crippen molar-refractivity contribution in [1.29, 1.82) is 0 Å². The third kappa shape index (κ3) is 5.94. The van der Waals surface area contributed by atoms with E-state index in [1.807, 2.05) is 95.9 Å². The molecule has 1 amide bonds. The molecule has 5 rings (SSSR count). The monoisotopic (exact) mass is 473 g/mol. The number of carbonyl (C=O) groups excluding carboxylic acids is 1. The van der Waals surface area contributed by atoms with Crippen LogP contribution in [0.25, 0.3) is 22.5 Å². The lowest BCUT2D eigenvalue weighted by Gasteiger charge is -2.23. The molecule has 0 spiro atoms. The number of nitrogens with zero attached hydrogens (tertiary/aromatic N) is 3. The molecule has 1 aromatic heterocycles. The predicted molar refractivity (Wildman–Crippen MR) is 141 cm³/mol. The molecule has 36 heavy (non-hydrogen) atoms. The summed E-state index contributed by atoms with van der Waals surface area (Å²) in [5.74, 6) is 1.04. The van der Waals surface area contributed by atoms with E-state index >= 15 is 0 Å². The summed E-state index contributed by atoms with van der Waals surface area (Å²) in [6, 6.07) is 38.4. The Bertz CT molecular complexity index is 1340. The first-order valence-electron chi connectivity index (χ1n) is 12.1. The second-order valence-electron chi connectivity index (χ2n) is 8.68. The first-order valence-corrected chi connectivity index (χ1v) is 12.1. The van der Waals surface area contributed by atoms with E-state index in [1.165, 1.54) is 0 Å². The Morgan fingerprint density at radius 2 is 1.14 bits per heavy atom. The van der Waals surface area contributed by atoms with Gasteiger partial charge in [0.05, 0.1) is 0 Å². The lowest BCUT2D eigenvalue weighted by molar-refractivity contribution is -0.132. The minimum Gasteiger partial charge on any atom is -0.339 e. The van der Waals surface area contributed by atoms with Gasteiger partial charge in [-0.05, 0) is 22.3 Å². The van der Waals surface area contributed by atoms with Gasteiger partial charge in [0.1, 0.15) is 0 Å². The molecule has 5 nitrogen and oxygen atoms in total. The molecule has 1 heterocycles. The normalized spacial score (nSPS) is 10.8. The third-order valence-electron chi connectivity index (χ3n) is 6.06. The number of hydrogen-bond donors (Lipinski definition) is 0. The van der Waals surface area contributed by atoms with Crippen LogP contribution in [0.4, 0.5) is 0 Å². The molecule has 5 heteroatoms. The van der Waals surface area contributed by atoms with Crippen molar-refractivity contribution in [3.05, 3.63) is 132 Å². The molecule has 0 radical (unpaired) electrons. The maximum atomic E-state index is 13.2. The highest BCUT2D eigenvalue weighted by Crippen LogP contribution is 2.23. The summed E-state index contributed by atoms with van der Waals surface area (Å²) in [4.78, 5) is 19.6. The van der Waals surface area contributed by atoms with Crippen LogP contribution in [0.5, 0.6) is 0 Å². The number of rotatable bonds is 9. The van der Waals surface area contributed by atoms with Crippen LogP contribution >= 0.6 is 0 Å². The van der Waals surface area contributed by atoms with Crippen LogP contribution in [-0.2, 0) is 24.3 Å². The predicted octanol–water partition coefficient (Wildman–Crippen LogP) is 6.57.